The zero-order valence-corrected chi connectivity index (χ0v) is 20.5. The van der Waals surface area contributed by atoms with Crippen LogP contribution in [0, 0.1) is 0 Å². The van der Waals surface area contributed by atoms with E-state index in [1.54, 1.807) is 17.0 Å². The van der Waals surface area contributed by atoms with Gasteiger partial charge in [0.2, 0.25) is 0 Å². The summed E-state index contributed by atoms with van der Waals surface area (Å²) in [4.78, 5) is 40.0. The Kier molecular flexibility index (Phi) is 10.8. The Morgan fingerprint density at radius 1 is 1.14 bits per heavy atom. The number of rotatable bonds is 14. The van der Waals surface area contributed by atoms with Gasteiger partial charge in [0.05, 0.1) is 19.3 Å². The van der Waals surface area contributed by atoms with E-state index < -0.39 is 12.3 Å². The molecule has 9 nitrogen and oxygen atoms in total. The van der Waals surface area contributed by atoms with Gasteiger partial charge in [0.1, 0.15) is 12.5 Å². The van der Waals surface area contributed by atoms with Gasteiger partial charge in [-0.25, -0.2) is 0 Å². The summed E-state index contributed by atoms with van der Waals surface area (Å²) in [5, 5.41) is 10.7. The molecule has 0 radical (unpaired) electrons. The second kappa shape index (κ2) is 14.0. The Hall–Kier alpha value is -2.66. The van der Waals surface area contributed by atoms with E-state index in [-0.39, 0.29) is 25.2 Å². The largest absolute Gasteiger partial charge is 0.396 e. The van der Waals surface area contributed by atoms with E-state index in [2.05, 4.69) is 5.48 Å². The van der Waals surface area contributed by atoms with Gasteiger partial charge < -0.3 is 19.6 Å². The van der Waals surface area contributed by atoms with E-state index in [0.717, 1.165) is 17.4 Å². The van der Waals surface area contributed by atoms with E-state index in [0.29, 0.717) is 32.4 Å². The number of likely N-dealkylation sites (N-methyl/N-ethyl adjacent to an activating group) is 2. The topological polar surface area (TPSA) is 94.6 Å². The van der Waals surface area contributed by atoms with Gasteiger partial charge in [-0.15, -0.1) is 0 Å². The fourth-order valence-corrected chi connectivity index (χ4v) is 4.10. The minimum absolute atomic E-state index is 0.0138. The number of carbonyl (C=O) groups excluding carboxylic acids is 2. The van der Waals surface area contributed by atoms with Crippen LogP contribution in [0.25, 0.3) is 0 Å². The third-order valence-corrected chi connectivity index (χ3v) is 6.05. The zero-order chi connectivity index (χ0) is 25.0. The van der Waals surface area contributed by atoms with E-state index >= 15 is 0 Å². The van der Waals surface area contributed by atoms with Crippen LogP contribution in [0.3, 0.4) is 0 Å². The van der Waals surface area contributed by atoms with Gasteiger partial charge in [0.15, 0.2) is 6.10 Å². The highest BCUT2D eigenvalue weighted by molar-refractivity contribution is 5.83. The molecule has 2 N–H and O–H groups in total. The second-order valence-electron chi connectivity index (χ2n) is 8.66. The van der Waals surface area contributed by atoms with Crippen molar-refractivity contribution >= 4 is 12.2 Å². The molecule has 1 aliphatic heterocycles. The third kappa shape index (κ3) is 7.93. The van der Waals surface area contributed by atoms with Crippen LogP contribution in [-0.4, -0.2) is 91.0 Å². The first-order valence-corrected chi connectivity index (χ1v) is 11.9. The van der Waals surface area contributed by atoms with Crippen LogP contribution in [0.4, 0.5) is 0 Å². The highest BCUT2D eigenvalue weighted by Gasteiger charge is 2.40. The van der Waals surface area contributed by atoms with Crippen molar-refractivity contribution in [3.8, 4) is 0 Å². The van der Waals surface area contributed by atoms with Crippen LogP contribution in [0.5, 0.6) is 0 Å². The van der Waals surface area contributed by atoms with E-state index in [1.807, 2.05) is 72.6 Å². The van der Waals surface area contributed by atoms with Crippen molar-refractivity contribution in [3.63, 3.8) is 0 Å². The summed E-state index contributed by atoms with van der Waals surface area (Å²) in [5.74, 6) is -0.204. The van der Waals surface area contributed by atoms with Gasteiger partial charge in [-0.1, -0.05) is 60.7 Å². The van der Waals surface area contributed by atoms with Crippen LogP contribution in [0.2, 0.25) is 0 Å². The fraction of sp³-hybridized carbons (Fsp3) is 0.462. The molecule has 1 heterocycles. The molecule has 1 saturated heterocycles. The van der Waals surface area contributed by atoms with Gasteiger partial charge in [-0.05, 0) is 24.6 Å². The maximum Gasteiger partial charge on any atom is 0.255 e. The normalized spacial score (nSPS) is 19.8. The summed E-state index contributed by atoms with van der Waals surface area (Å²) < 4.78 is 0. The molecule has 35 heavy (non-hydrogen) atoms. The molecule has 1 fully saturated rings. The molecular formula is C26H36N4O5. The van der Waals surface area contributed by atoms with E-state index in [4.69, 9.17) is 14.8 Å². The minimum atomic E-state index is -0.691. The third-order valence-electron chi connectivity index (χ3n) is 6.05. The van der Waals surface area contributed by atoms with Gasteiger partial charge in [0.25, 0.3) is 5.91 Å². The number of aldehydes is 1. The average Bonchev–Trinajstić information content (AvgIpc) is 2.87. The van der Waals surface area contributed by atoms with Crippen molar-refractivity contribution in [1.29, 1.82) is 0 Å². The first kappa shape index (κ1) is 26.9. The maximum absolute atomic E-state index is 13.3. The number of hydrogen-bond donors (Lipinski definition) is 2. The SMILES string of the molecule is CN(CC1N(C)OC(Cc2ccccc2)C(=O)N1CC=O)C(Cc1ccccc1)NOCCCO. The number of amides is 1. The highest BCUT2D eigenvalue weighted by Crippen LogP contribution is 2.21. The molecule has 0 saturated carbocycles. The number of hydrogen-bond acceptors (Lipinski definition) is 8. The molecule has 3 atom stereocenters. The highest BCUT2D eigenvalue weighted by atomic mass is 16.7. The van der Waals surface area contributed by atoms with Crippen LogP contribution >= 0.6 is 0 Å². The number of benzene rings is 2. The lowest BCUT2D eigenvalue weighted by Crippen LogP contribution is -2.64. The molecule has 0 aromatic heterocycles. The zero-order valence-electron chi connectivity index (χ0n) is 20.5. The first-order valence-electron chi connectivity index (χ1n) is 11.9. The van der Waals surface area contributed by atoms with Crippen LogP contribution in [0.1, 0.15) is 17.5 Å². The van der Waals surface area contributed by atoms with Gasteiger partial charge in [0, 0.05) is 33.0 Å². The molecule has 0 aliphatic carbocycles. The maximum atomic E-state index is 13.3. The number of aliphatic hydroxyl groups excluding tert-OH is 1. The predicted octanol–water partition coefficient (Wildman–Crippen LogP) is 1.23. The van der Waals surface area contributed by atoms with Crippen molar-refractivity contribution in [2.24, 2.45) is 0 Å². The Labute approximate surface area is 207 Å². The summed E-state index contributed by atoms with van der Waals surface area (Å²) in [6, 6.07) is 19.7. The summed E-state index contributed by atoms with van der Waals surface area (Å²) >= 11 is 0. The van der Waals surface area contributed by atoms with Gasteiger partial charge in [-0.3, -0.25) is 14.5 Å². The molecule has 1 amide bonds. The number of carbonyl (C=O) groups is 2. The van der Waals surface area contributed by atoms with Crippen molar-refractivity contribution in [1.82, 2.24) is 20.3 Å². The number of nitrogens with zero attached hydrogens (tertiary/aromatic N) is 3. The molecule has 0 spiro atoms. The summed E-state index contributed by atoms with van der Waals surface area (Å²) in [5.41, 5.74) is 5.21. The van der Waals surface area contributed by atoms with Crippen molar-refractivity contribution in [2.45, 2.75) is 37.7 Å². The molecule has 1 aliphatic rings. The Balaban J connectivity index is 1.71. The fourth-order valence-electron chi connectivity index (χ4n) is 4.10. The monoisotopic (exact) mass is 484 g/mol. The molecule has 3 rings (SSSR count). The first-order chi connectivity index (χ1) is 17.0. The van der Waals surface area contributed by atoms with Gasteiger partial charge >= 0.3 is 0 Å². The number of nitrogens with one attached hydrogen (secondary N) is 1. The molecule has 0 bridgehead atoms. The van der Waals surface area contributed by atoms with Crippen LogP contribution < -0.4 is 5.48 Å². The van der Waals surface area contributed by atoms with Crippen molar-refractivity contribution < 1.29 is 24.4 Å². The Bertz CT molecular complexity index is 901. The summed E-state index contributed by atoms with van der Waals surface area (Å²) in [6.07, 6.45) is 1.01. The molecule has 3 unspecified atom stereocenters. The van der Waals surface area contributed by atoms with E-state index in [1.165, 1.54) is 0 Å². The van der Waals surface area contributed by atoms with Crippen LogP contribution in [0.15, 0.2) is 60.7 Å². The van der Waals surface area contributed by atoms with E-state index in [9.17, 15) is 9.59 Å². The second-order valence-corrected chi connectivity index (χ2v) is 8.66. The lowest BCUT2D eigenvalue weighted by Gasteiger charge is -2.45. The summed E-state index contributed by atoms with van der Waals surface area (Å²) in [7, 11) is 3.72. The number of aliphatic hydroxyl groups is 1. The quantitative estimate of drug-likeness (QED) is 0.179. The lowest BCUT2D eigenvalue weighted by molar-refractivity contribution is -0.265. The molecule has 190 valence electrons. The summed E-state index contributed by atoms with van der Waals surface area (Å²) in [6.45, 7) is 0.832. The standard InChI is InChI=1S/C26H36N4O5/c1-28(24(27-34-17-9-15-31)19-22-12-7-4-8-13-22)20-25-29(2)35-23(26(33)30(25)14-16-32)18-21-10-5-3-6-11-21/h3-8,10-13,16,23-25,27,31H,9,14-15,17-20H2,1-2H3. The molecule has 9 heteroatoms. The predicted molar refractivity (Wildman–Crippen MR) is 132 cm³/mol. The smallest absolute Gasteiger partial charge is 0.255 e. The Morgan fingerprint density at radius 3 is 2.43 bits per heavy atom. The van der Waals surface area contributed by atoms with Gasteiger partial charge in [-0.2, -0.15) is 10.5 Å². The minimum Gasteiger partial charge on any atom is -0.396 e. The molecule has 2 aromatic carbocycles. The molecular weight excluding hydrogens is 448 g/mol. The average molecular weight is 485 g/mol. The number of hydroxylamine groups is 3. The van der Waals surface area contributed by atoms with Crippen molar-refractivity contribution in [2.75, 3.05) is 40.4 Å². The van der Waals surface area contributed by atoms with Crippen LogP contribution in [-0.2, 0) is 32.1 Å². The van der Waals surface area contributed by atoms with Crippen molar-refractivity contribution in [3.05, 3.63) is 71.8 Å². The lowest BCUT2D eigenvalue weighted by atomic mass is 10.1. The molecule has 2 aromatic rings. The Morgan fingerprint density at radius 2 is 1.80 bits per heavy atom.